The van der Waals surface area contributed by atoms with Gasteiger partial charge in [-0.3, -0.25) is 0 Å². The summed E-state index contributed by atoms with van der Waals surface area (Å²) in [4.78, 5) is 10.3. The fraction of sp³-hybridized carbons (Fsp3) is 0.833. The quantitative estimate of drug-likeness (QED) is 0.211. The number of carbonyl (C=O) groups excluding carboxylic acids is 1. The van der Waals surface area contributed by atoms with Crippen LogP contribution in [-0.4, -0.2) is 6.29 Å². The predicted octanol–water partition coefficient (Wildman–Crippen LogP) is 6.08. The van der Waals surface area contributed by atoms with Crippen LogP contribution in [0.15, 0.2) is 12.2 Å². The number of aldehydes is 1. The molecule has 0 aliphatic carbocycles. The highest BCUT2D eigenvalue weighted by Gasteiger charge is 1.98. The second-order valence-electron chi connectivity index (χ2n) is 5.82. The number of hydrogen-bond donors (Lipinski definition) is 0. The molecule has 0 rings (SSSR count). The molecule has 112 valence electrons. The van der Waals surface area contributed by atoms with Gasteiger partial charge < -0.3 is 4.79 Å². The van der Waals surface area contributed by atoms with E-state index in [1.165, 1.54) is 57.8 Å². The molecule has 0 aromatic carbocycles. The Hall–Kier alpha value is -0.590. The first-order valence-corrected chi connectivity index (χ1v) is 8.39. The van der Waals surface area contributed by atoms with Crippen LogP contribution < -0.4 is 0 Å². The Morgan fingerprint density at radius 3 is 2.05 bits per heavy atom. The molecule has 0 radical (unpaired) electrons. The summed E-state index contributed by atoms with van der Waals surface area (Å²) in [6.07, 6.45) is 21.0. The van der Waals surface area contributed by atoms with Crippen LogP contribution in [-0.2, 0) is 4.79 Å². The van der Waals surface area contributed by atoms with Gasteiger partial charge in [-0.1, -0.05) is 70.9 Å². The van der Waals surface area contributed by atoms with Crippen molar-refractivity contribution in [2.24, 2.45) is 5.92 Å². The van der Waals surface area contributed by atoms with Crippen molar-refractivity contribution in [1.29, 1.82) is 0 Å². The van der Waals surface area contributed by atoms with Crippen LogP contribution in [0.4, 0.5) is 0 Å². The molecule has 0 aromatic heterocycles. The number of carbonyl (C=O) groups is 1. The Morgan fingerprint density at radius 1 is 0.842 bits per heavy atom. The first kappa shape index (κ1) is 18.4. The van der Waals surface area contributed by atoms with Crippen LogP contribution in [0.3, 0.4) is 0 Å². The van der Waals surface area contributed by atoms with Gasteiger partial charge in [-0.15, -0.1) is 0 Å². The van der Waals surface area contributed by atoms with Gasteiger partial charge in [0.25, 0.3) is 0 Å². The van der Waals surface area contributed by atoms with Crippen molar-refractivity contribution in [2.45, 2.75) is 90.9 Å². The van der Waals surface area contributed by atoms with E-state index in [9.17, 15) is 4.79 Å². The minimum Gasteiger partial charge on any atom is -0.303 e. The van der Waals surface area contributed by atoms with Gasteiger partial charge in [-0.05, 0) is 31.6 Å². The molecular weight excluding hydrogens is 232 g/mol. The van der Waals surface area contributed by atoms with Gasteiger partial charge in [-0.2, -0.15) is 0 Å². The van der Waals surface area contributed by atoms with Crippen molar-refractivity contribution < 1.29 is 4.79 Å². The molecule has 0 unspecified atom stereocenters. The van der Waals surface area contributed by atoms with Crippen LogP contribution in [0.1, 0.15) is 90.9 Å². The van der Waals surface area contributed by atoms with E-state index in [-0.39, 0.29) is 0 Å². The lowest BCUT2D eigenvalue weighted by atomic mass is 10.0. The monoisotopic (exact) mass is 266 g/mol. The molecule has 1 heteroatoms. The molecular formula is C18H34O. The fourth-order valence-electron chi connectivity index (χ4n) is 2.29. The average Bonchev–Trinajstić information content (AvgIpc) is 2.40. The number of rotatable bonds is 14. The highest BCUT2D eigenvalue weighted by atomic mass is 16.1. The molecule has 0 saturated carbocycles. The molecule has 0 saturated heterocycles. The summed E-state index contributed by atoms with van der Waals surface area (Å²) < 4.78 is 0. The summed E-state index contributed by atoms with van der Waals surface area (Å²) in [5, 5.41) is 0. The van der Waals surface area contributed by atoms with Gasteiger partial charge in [0.05, 0.1) is 0 Å². The molecule has 0 spiro atoms. The zero-order chi connectivity index (χ0) is 14.2. The zero-order valence-electron chi connectivity index (χ0n) is 13.2. The fourth-order valence-corrected chi connectivity index (χ4v) is 2.29. The van der Waals surface area contributed by atoms with Crippen LogP contribution >= 0.6 is 0 Å². The maximum Gasteiger partial charge on any atom is 0.120 e. The number of allylic oxidation sites excluding steroid dienone is 2. The highest BCUT2D eigenvalue weighted by molar-refractivity contribution is 5.49. The molecule has 0 fully saturated rings. The standard InChI is InChI=1S/C18H34O/c1-3-4-5-6-7-8-9-10-11-12-13-14-15-18(2)16-17-19/h12-13,17-18H,3-11,14-16H2,1-2H3/t18-/m1/s1. The van der Waals surface area contributed by atoms with Crippen LogP contribution in [0.2, 0.25) is 0 Å². The van der Waals surface area contributed by atoms with E-state index in [4.69, 9.17) is 0 Å². The van der Waals surface area contributed by atoms with E-state index >= 15 is 0 Å². The van der Waals surface area contributed by atoms with E-state index < -0.39 is 0 Å². The Balaban J connectivity index is 3.14. The van der Waals surface area contributed by atoms with Gasteiger partial charge in [0.2, 0.25) is 0 Å². The smallest absolute Gasteiger partial charge is 0.120 e. The molecule has 1 atom stereocenters. The van der Waals surface area contributed by atoms with Crippen LogP contribution in [0, 0.1) is 5.92 Å². The summed E-state index contributed by atoms with van der Waals surface area (Å²) in [6.45, 7) is 4.42. The topological polar surface area (TPSA) is 17.1 Å². The summed E-state index contributed by atoms with van der Waals surface area (Å²) in [5.74, 6) is 0.547. The Bertz CT molecular complexity index is 208. The molecule has 0 bridgehead atoms. The maximum absolute atomic E-state index is 10.3. The normalized spacial score (nSPS) is 12.9. The van der Waals surface area contributed by atoms with Gasteiger partial charge in [-0.25, -0.2) is 0 Å². The van der Waals surface area contributed by atoms with Crippen molar-refractivity contribution in [2.75, 3.05) is 0 Å². The van der Waals surface area contributed by atoms with E-state index in [1.54, 1.807) is 0 Å². The lowest BCUT2D eigenvalue weighted by molar-refractivity contribution is -0.108. The van der Waals surface area contributed by atoms with Crippen molar-refractivity contribution in [3.8, 4) is 0 Å². The summed E-state index contributed by atoms with van der Waals surface area (Å²) >= 11 is 0. The maximum atomic E-state index is 10.3. The number of unbranched alkanes of at least 4 members (excludes halogenated alkanes) is 8. The summed E-state index contributed by atoms with van der Waals surface area (Å²) in [5.41, 5.74) is 0. The lowest BCUT2D eigenvalue weighted by Gasteiger charge is -2.03. The molecule has 0 amide bonds. The first-order chi connectivity index (χ1) is 9.31. The van der Waals surface area contributed by atoms with Crippen molar-refractivity contribution in [3.63, 3.8) is 0 Å². The van der Waals surface area contributed by atoms with Crippen LogP contribution in [0.5, 0.6) is 0 Å². The second kappa shape index (κ2) is 15.5. The van der Waals surface area contributed by atoms with Gasteiger partial charge in [0.1, 0.15) is 6.29 Å². The summed E-state index contributed by atoms with van der Waals surface area (Å²) in [6, 6.07) is 0. The molecule has 19 heavy (non-hydrogen) atoms. The van der Waals surface area contributed by atoms with E-state index in [2.05, 4.69) is 26.0 Å². The highest BCUT2D eigenvalue weighted by Crippen LogP contribution is 2.11. The Morgan fingerprint density at radius 2 is 1.42 bits per heavy atom. The summed E-state index contributed by atoms with van der Waals surface area (Å²) in [7, 11) is 0. The molecule has 0 N–H and O–H groups in total. The molecule has 0 aliphatic heterocycles. The molecule has 0 heterocycles. The van der Waals surface area contributed by atoms with E-state index in [0.29, 0.717) is 12.3 Å². The number of hydrogen-bond acceptors (Lipinski definition) is 1. The third-order valence-corrected chi connectivity index (χ3v) is 3.72. The molecule has 1 nitrogen and oxygen atoms in total. The predicted molar refractivity (Wildman–Crippen MR) is 85.4 cm³/mol. The van der Waals surface area contributed by atoms with E-state index in [0.717, 1.165) is 19.1 Å². The zero-order valence-corrected chi connectivity index (χ0v) is 13.2. The van der Waals surface area contributed by atoms with E-state index in [1.807, 2.05) is 0 Å². The van der Waals surface area contributed by atoms with Gasteiger partial charge in [0.15, 0.2) is 0 Å². The third-order valence-electron chi connectivity index (χ3n) is 3.72. The minimum absolute atomic E-state index is 0.547. The SMILES string of the molecule is CCCCCCCCCCC=CCC[C@@H](C)CC=O. The molecule has 0 aliphatic rings. The van der Waals surface area contributed by atoms with Gasteiger partial charge in [0, 0.05) is 6.42 Å². The Kier molecular flexibility index (Phi) is 15.0. The second-order valence-corrected chi connectivity index (χ2v) is 5.82. The average molecular weight is 266 g/mol. The van der Waals surface area contributed by atoms with Crippen molar-refractivity contribution >= 4 is 6.29 Å². The molecule has 0 aromatic rings. The minimum atomic E-state index is 0.547. The van der Waals surface area contributed by atoms with Crippen molar-refractivity contribution in [1.82, 2.24) is 0 Å². The van der Waals surface area contributed by atoms with Gasteiger partial charge >= 0.3 is 0 Å². The van der Waals surface area contributed by atoms with Crippen molar-refractivity contribution in [3.05, 3.63) is 12.2 Å². The lowest BCUT2D eigenvalue weighted by Crippen LogP contribution is -1.93. The van der Waals surface area contributed by atoms with Crippen LogP contribution in [0.25, 0.3) is 0 Å². The Labute approximate surface area is 120 Å². The largest absolute Gasteiger partial charge is 0.303 e. The third kappa shape index (κ3) is 15.4. The first-order valence-electron chi connectivity index (χ1n) is 8.39.